The number of benzene rings is 1. The highest BCUT2D eigenvalue weighted by Gasteiger charge is 2.45. The minimum absolute atomic E-state index is 0.0113. The summed E-state index contributed by atoms with van der Waals surface area (Å²) in [4.78, 5) is 36.8. The van der Waals surface area contributed by atoms with Crippen molar-refractivity contribution in [3.05, 3.63) is 29.6 Å². The Morgan fingerprint density at radius 3 is 2.57 bits per heavy atom. The molecule has 3 amide bonds. The van der Waals surface area contributed by atoms with Crippen molar-refractivity contribution in [3.63, 3.8) is 0 Å². The summed E-state index contributed by atoms with van der Waals surface area (Å²) in [5, 5.41) is 2.47. The number of imide groups is 1. The average molecular weight is 294 g/mol. The largest absolute Gasteiger partial charge is 0.496 e. The standard InChI is InChI=1S/C14H15FN2O4/c1-14(2)12(19)17(13(20)16-14)7-10(18)9-6-8(15)4-5-11(9)21-3/h4-6H,7H2,1-3H3,(H,16,20). The number of Topliss-reactive ketones (excluding diaryl/α,β-unsaturated/α-hetero) is 1. The van der Waals surface area contributed by atoms with Crippen molar-refractivity contribution in [2.75, 3.05) is 13.7 Å². The van der Waals surface area contributed by atoms with Crippen LogP contribution in [0, 0.1) is 5.82 Å². The predicted molar refractivity (Wildman–Crippen MR) is 71.6 cm³/mol. The first-order chi connectivity index (χ1) is 9.76. The van der Waals surface area contributed by atoms with Crippen molar-refractivity contribution in [3.8, 4) is 5.75 Å². The molecule has 0 atom stereocenters. The zero-order valence-corrected chi connectivity index (χ0v) is 11.9. The number of urea groups is 1. The van der Waals surface area contributed by atoms with Crippen LogP contribution in [0.15, 0.2) is 18.2 Å². The fourth-order valence-electron chi connectivity index (χ4n) is 2.09. The quantitative estimate of drug-likeness (QED) is 0.672. The molecule has 1 fully saturated rings. The molecule has 0 bridgehead atoms. The molecule has 0 aliphatic carbocycles. The van der Waals surface area contributed by atoms with E-state index in [0.29, 0.717) is 0 Å². The van der Waals surface area contributed by atoms with E-state index in [-0.39, 0.29) is 11.3 Å². The predicted octanol–water partition coefficient (Wildman–Crippen LogP) is 1.35. The van der Waals surface area contributed by atoms with Crippen LogP contribution in [0.1, 0.15) is 24.2 Å². The van der Waals surface area contributed by atoms with Crippen LogP contribution in [0.2, 0.25) is 0 Å². The van der Waals surface area contributed by atoms with Crippen LogP contribution >= 0.6 is 0 Å². The number of methoxy groups -OCH3 is 1. The molecule has 112 valence electrons. The Balaban J connectivity index is 2.25. The fourth-order valence-corrected chi connectivity index (χ4v) is 2.09. The van der Waals surface area contributed by atoms with E-state index in [1.807, 2.05) is 0 Å². The van der Waals surface area contributed by atoms with Crippen LogP contribution in [-0.4, -0.2) is 41.8 Å². The van der Waals surface area contributed by atoms with Crippen LogP contribution in [0.3, 0.4) is 0 Å². The summed E-state index contributed by atoms with van der Waals surface area (Å²) in [6.45, 7) is 2.62. The van der Waals surface area contributed by atoms with Crippen LogP contribution in [-0.2, 0) is 4.79 Å². The maximum absolute atomic E-state index is 13.3. The number of ether oxygens (including phenoxy) is 1. The summed E-state index contributed by atoms with van der Waals surface area (Å²) in [5.74, 6) is -1.49. The lowest BCUT2D eigenvalue weighted by molar-refractivity contribution is -0.129. The number of carbonyl (C=O) groups excluding carboxylic acids is 3. The molecule has 6 nitrogen and oxygen atoms in total. The van der Waals surface area contributed by atoms with Crippen molar-refractivity contribution in [2.45, 2.75) is 19.4 Å². The van der Waals surface area contributed by atoms with E-state index in [1.54, 1.807) is 13.8 Å². The van der Waals surface area contributed by atoms with E-state index in [1.165, 1.54) is 13.2 Å². The maximum Gasteiger partial charge on any atom is 0.325 e. The molecule has 21 heavy (non-hydrogen) atoms. The number of amides is 3. The van der Waals surface area contributed by atoms with Crippen LogP contribution < -0.4 is 10.1 Å². The number of carbonyl (C=O) groups is 3. The van der Waals surface area contributed by atoms with Crippen molar-refractivity contribution in [1.82, 2.24) is 10.2 Å². The van der Waals surface area contributed by atoms with E-state index in [0.717, 1.165) is 17.0 Å². The number of nitrogens with one attached hydrogen (secondary N) is 1. The average Bonchev–Trinajstić information content (AvgIpc) is 2.60. The molecule has 2 rings (SSSR count). The van der Waals surface area contributed by atoms with Crippen LogP contribution in [0.5, 0.6) is 5.75 Å². The summed E-state index contributed by atoms with van der Waals surface area (Å²) >= 11 is 0. The van der Waals surface area contributed by atoms with Gasteiger partial charge in [0, 0.05) is 0 Å². The van der Waals surface area contributed by atoms with Gasteiger partial charge in [-0.3, -0.25) is 14.5 Å². The topological polar surface area (TPSA) is 75.7 Å². The Morgan fingerprint density at radius 2 is 2.05 bits per heavy atom. The second-order valence-electron chi connectivity index (χ2n) is 5.21. The Bertz CT molecular complexity index is 627. The van der Waals surface area contributed by atoms with Crippen molar-refractivity contribution in [2.24, 2.45) is 0 Å². The number of rotatable bonds is 4. The SMILES string of the molecule is COc1ccc(F)cc1C(=O)CN1C(=O)NC(C)(C)C1=O. The van der Waals surface area contributed by atoms with Crippen molar-refractivity contribution in [1.29, 1.82) is 0 Å². The van der Waals surface area contributed by atoms with Gasteiger partial charge >= 0.3 is 6.03 Å². The van der Waals surface area contributed by atoms with Gasteiger partial charge in [-0.15, -0.1) is 0 Å². The van der Waals surface area contributed by atoms with Gasteiger partial charge in [-0.2, -0.15) is 0 Å². The van der Waals surface area contributed by atoms with Gasteiger partial charge in [-0.25, -0.2) is 9.18 Å². The molecule has 0 unspecified atom stereocenters. The maximum atomic E-state index is 13.3. The number of hydrogen-bond donors (Lipinski definition) is 1. The lowest BCUT2D eigenvalue weighted by atomic mass is 10.1. The molecule has 0 saturated carbocycles. The van der Waals surface area contributed by atoms with E-state index in [2.05, 4.69) is 5.32 Å². The van der Waals surface area contributed by atoms with Gasteiger partial charge in [0.05, 0.1) is 19.2 Å². The highest BCUT2D eigenvalue weighted by atomic mass is 19.1. The molecule has 1 aromatic carbocycles. The molecule has 1 heterocycles. The fraction of sp³-hybridized carbons (Fsp3) is 0.357. The minimum atomic E-state index is -1.05. The van der Waals surface area contributed by atoms with E-state index in [4.69, 9.17) is 4.74 Å². The molecule has 1 N–H and O–H groups in total. The van der Waals surface area contributed by atoms with Gasteiger partial charge in [-0.05, 0) is 32.0 Å². The normalized spacial score (nSPS) is 16.9. The molecule has 0 radical (unpaired) electrons. The van der Waals surface area contributed by atoms with Gasteiger partial charge in [-0.1, -0.05) is 0 Å². The second-order valence-corrected chi connectivity index (χ2v) is 5.21. The minimum Gasteiger partial charge on any atom is -0.496 e. The van der Waals surface area contributed by atoms with Gasteiger partial charge in [0.25, 0.3) is 5.91 Å². The monoisotopic (exact) mass is 294 g/mol. The number of halogens is 1. The Hall–Kier alpha value is -2.44. The summed E-state index contributed by atoms with van der Waals surface area (Å²) < 4.78 is 18.3. The lowest BCUT2D eigenvalue weighted by Gasteiger charge is -2.16. The third kappa shape index (κ3) is 2.72. The van der Waals surface area contributed by atoms with Gasteiger partial charge in [0.1, 0.15) is 17.1 Å². The zero-order valence-electron chi connectivity index (χ0n) is 11.9. The second kappa shape index (κ2) is 5.16. The highest BCUT2D eigenvalue weighted by Crippen LogP contribution is 2.22. The Morgan fingerprint density at radius 1 is 1.38 bits per heavy atom. The summed E-state index contributed by atoms with van der Waals surface area (Å²) in [6, 6.07) is 2.85. The van der Waals surface area contributed by atoms with Crippen LogP contribution in [0.25, 0.3) is 0 Å². The van der Waals surface area contributed by atoms with Gasteiger partial charge < -0.3 is 10.1 Å². The first kappa shape index (κ1) is 15.0. The molecule has 7 heteroatoms. The van der Waals surface area contributed by atoms with Gasteiger partial charge in [0.15, 0.2) is 5.78 Å². The van der Waals surface area contributed by atoms with Crippen LogP contribution in [0.4, 0.5) is 9.18 Å². The molecular formula is C14H15FN2O4. The van der Waals surface area contributed by atoms with Crippen molar-refractivity contribution < 1.29 is 23.5 Å². The van der Waals surface area contributed by atoms with Crippen molar-refractivity contribution >= 4 is 17.7 Å². The summed E-state index contributed by atoms with van der Waals surface area (Å²) in [7, 11) is 1.35. The van der Waals surface area contributed by atoms with Gasteiger partial charge in [0.2, 0.25) is 0 Å². The first-order valence-corrected chi connectivity index (χ1v) is 6.27. The van der Waals surface area contributed by atoms with E-state index >= 15 is 0 Å². The highest BCUT2D eigenvalue weighted by molar-refractivity contribution is 6.11. The molecule has 1 aromatic rings. The number of nitrogens with zero attached hydrogens (tertiary/aromatic N) is 1. The molecule has 1 aliphatic rings. The zero-order chi connectivity index (χ0) is 15.8. The molecule has 0 aromatic heterocycles. The smallest absolute Gasteiger partial charge is 0.325 e. The lowest BCUT2D eigenvalue weighted by Crippen LogP contribution is -2.41. The molecule has 1 aliphatic heterocycles. The Kier molecular flexibility index (Phi) is 3.67. The molecule has 0 spiro atoms. The third-order valence-electron chi connectivity index (χ3n) is 3.21. The summed E-state index contributed by atoms with van der Waals surface area (Å²) in [6.07, 6.45) is 0. The molecular weight excluding hydrogens is 279 g/mol. The number of ketones is 1. The Labute approximate surface area is 120 Å². The molecule has 1 saturated heterocycles. The summed E-state index contributed by atoms with van der Waals surface area (Å²) in [5.41, 5.74) is -1.06. The van der Waals surface area contributed by atoms with E-state index < -0.39 is 35.6 Å². The third-order valence-corrected chi connectivity index (χ3v) is 3.21. The first-order valence-electron chi connectivity index (χ1n) is 6.27. The van der Waals surface area contributed by atoms with E-state index in [9.17, 15) is 18.8 Å². The number of hydrogen-bond acceptors (Lipinski definition) is 4.